The van der Waals surface area contributed by atoms with Gasteiger partial charge in [0.25, 0.3) is 5.91 Å². The highest BCUT2D eigenvalue weighted by molar-refractivity contribution is 6.43. The van der Waals surface area contributed by atoms with Gasteiger partial charge >= 0.3 is 0 Å². The molecule has 0 N–H and O–H groups in total. The zero-order valence-electron chi connectivity index (χ0n) is 15.8. The second kappa shape index (κ2) is 8.44. The highest BCUT2D eigenvalue weighted by atomic mass is 35.5. The van der Waals surface area contributed by atoms with Crippen LogP contribution in [0, 0.1) is 0 Å². The lowest BCUT2D eigenvalue weighted by molar-refractivity contribution is -0.131. The van der Waals surface area contributed by atoms with E-state index in [0.717, 1.165) is 16.3 Å². The monoisotopic (exact) mass is 426 g/mol. The summed E-state index contributed by atoms with van der Waals surface area (Å²) in [6.07, 6.45) is 0.360. The van der Waals surface area contributed by atoms with Gasteiger partial charge in [-0.05, 0) is 28.5 Å². The van der Waals surface area contributed by atoms with Crippen molar-refractivity contribution in [2.24, 2.45) is 0 Å². The molecule has 0 radical (unpaired) electrons. The number of hydrogen-bond acceptors (Lipinski definition) is 2. The molecule has 1 saturated heterocycles. The van der Waals surface area contributed by atoms with Crippen LogP contribution in [0.1, 0.15) is 15.9 Å². The molecule has 148 valence electrons. The molecule has 1 aliphatic heterocycles. The SMILES string of the molecule is O=C(Cc1ccc2ccccc2c1)N1CCN(C(=O)c2cccc(Cl)c2Cl)CC1. The molecule has 0 aromatic heterocycles. The minimum Gasteiger partial charge on any atom is -0.339 e. The summed E-state index contributed by atoms with van der Waals surface area (Å²) >= 11 is 12.2. The molecular formula is C23H20Cl2N2O2. The second-order valence-electron chi connectivity index (χ2n) is 7.13. The fourth-order valence-electron chi connectivity index (χ4n) is 3.63. The van der Waals surface area contributed by atoms with Crippen molar-refractivity contribution < 1.29 is 9.59 Å². The van der Waals surface area contributed by atoms with E-state index in [-0.39, 0.29) is 16.8 Å². The lowest BCUT2D eigenvalue weighted by atomic mass is 10.0. The summed E-state index contributed by atoms with van der Waals surface area (Å²) in [6, 6.07) is 19.3. The third kappa shape index (κ3) is 4.24. The summed E-state index contributed by atoms with van der Waals surface area (Å²) < 4.78 is 0. The van der Waals surface area contributed by atoms with Gasteiger partial charge < -0.3 is 9.80 Å². The lowest BCUT2D eigenvalue weighted by Gasteiger charge is -2.35. The van der Waals surface area contributed by atoms with Crippen molar-refractivity contribution in [1.29, 1.82) is 0 Å². The van der Waals surface area contributed by atoms with Crippen LogP contribution in [0.2, 0.25) is 10.0 Å². The molecule has 1 aliphatic rings. The van der Waals surface area contributed by atoms with Crippen LogP contribution in [0.4, 0.5) is 0 Å². The third-order valence-electron chi connectivity index (χ3n) is 5.27. The van der Waals surface area contributed by atoms with E-state index >= 15 is 0 Å². The lowest BCUT2D eigenvalue weighted by Crippen LogP contribution is -2.51. The molecule has 2 amide bonds. The van der Waals surface area contributed by atoms with E-state index in [1.54, 1.807) is 23.1 Å². The number of fused-ring (bicyclic) bond motifs is 1. The largest absolute Gasteiger partial charge is 0.339 e. The summed E-state index contributed by atoms with van der Waals surface area (Å²) in [5.74, 6) is -0.0766. The van der Waals surface area contributed by atoms with Gasteiger partial charge in [-0.15, -0.1) is 0 Å². The molecule has 0 saturated carbocycles. The molecule has 29 heavy (non-hydrogen) atoms. The first kappa shape index (κ1) is 19.7. The van der Waals surface area contributed by atoms with E-state index in [4.69, 9.17) is 23.2 Å². The summed E-state index contributed by atoms with van der Waals surface area (Å²) in [7, 11) is 0. The number of piperazine rings is 1. The molecule has 3 aromatic carbocycles. The molecule has 0 bridgehead atoms. The molecule has 1 fully saturated rings. The van der Waals surface area contributed by atoms with Crippen molar-refractivity contribution in [2.75, 3.05) is 26.2 Å². The average Bonchev–Trinajstić information content (AvgIpc) is 2.75. The number of carbonyl (C=O) groups excluding carboxylic acids is 2. The Labute approximate surface area is 179 Å². The molecule has 3 aromatic rings. The Morgan fingerprint density at radius 3 is 2.24 bits per heavy atom. The van der Waals surface area contributed by atoms with E-state index < -0.39 is 0 Å². The fraction of sp³-hybridized carbons (Fsp3) is 0.217. The van der Waals surface area contributed by atoms with Crippen LogP contribution >= 0.6 is 23.2 Å². The van der Waals surface area contributed by atoms with Gasteiger partial charge in [0.1, 0.15) is 0 Å². The zero-order valence-corrected chi connectivity index (χ0v) is 17.3. The highest BCUT2D eigenvalue weighted by Gasteiger charge is 2.26. The maximum atomic E-state index is 12.7. The minimum atomic E-state index is -0.154. The Bertz CT molecular complexity index is 1080. The Morgan fingerprint density at radius 2 is 1.48 bits per heavy atom. The van der Waals surface area contributed by atoms with Gasteiger partial charge in [0, 0.05) is 26.2 Å². The van der Waals surface area contributed by atoms with Crippen LogP contribution in [0.25, 0.3) is 10.8 Å². The molecule has 0 spiro atoms. The number of hydrogen-bond donors (Lipinski definition) is 0. The molecular weight excluding hydrogens is 407 g/mol. The van der Waals surface area contributed by atoms with E-state index in [1.807, 2.05) is 29.2 Å². The standard InChI is InChI=1S/C23H20Cl2N2O2/c24-20-7-3-6-19(22(20)25)23(29)27-12-10-26(11-13-27)21(28)15-16-8-9-17-4-1-2-5-18(17)14-16/h1-9,14H,10-13,15H2. The van der Waals surface area contributed by atoms with Gasteiger partial charge in [0.2, 0.25) is 5.91 Å². The van der Waals surface area contributed by atoms with Gasteiger partial charge in [-0.3, -0.25) is 9.59 Å². The Balaban J connectivity index is 1.38. The van der Waals surface area contributed by atoms with Gasteiger partial charge in [-0.25, -0.2) is 0 Å². The number of benzene rings is 3. The van der Waals surface area contributed by atoms with E-state index in [2.05, 4.69) is 18.2 Å². The van der Waals surface area contributed by atoms with Crippen molar-refractivity contribution in [1.82, 2.24) is 9.80 Å². The second-order valence-corrected chi connectivity index (χ2v) is 7.92. The van der Waals surface area contributed by atoms with Crippen LogP contribution in [0.5, 0.6) is 0 Å². The number of carbonyl (C=O) groups is 2. The molecule has 0 unspecified atom stereocenters. The van der Waals surface area contributed by atoms with Crippen LogP contribution in [-0.4, -0.2) is 47.8 Å². The first-order valence-corrected chi connectivity index (χ1v) is 10.3. The summed E-state index contributed by atoms with van der Waals surface area (Å²) in [6.45, 7) is 1.98. The molecule has 4 nitrogen and oxygen atoms in total. The molecule has 4 rings (SSSR count). The van der Waals surface area contributed by atoms with Crippen molar-refractivity contribution in [3.8, 4) is 0 Å². The fourth-order valence-corrected chi connectivity index (χ4v) is 4.01. The maximum absolute atomic E-state index is 12.7. The van der Waals surface area contributed by atoms with Crippen molar-refractivity contribution in [2.45, 2.75) is 6.42 Å². The van der Waals surface area contributed by atoms with Crippen molar-refractivity contribution in [3.05, 3.63) is 81.8 Å². The third-order valence-corrected chi connectivity index (χ3v) is 6.09. The average molecular weight is 427 g/mol. The first-order valence-electron chi connectivity index (χ1n) is 9.51. The van der Waals surface area contributed by atoms with Gasteiger partial charge in [0.15, 0.2) is 0 Å². The van der Waals surface area contributed by atoms with Gasteiger partial charge in [-0.1, -0.05) is 71.7 Å². The molecule has 6 heteroatoms. The van der Waals surface area contributed by atoms with Crippen LogP contribution in [0.3, 0.4) is 0 Å². The van der Waals surface area contributed by atoms with Crippen molar-refractivity contribution in [3.63, 3.8) is 0 Å². The van der Waals surface area contributed by atoms with E-state index in [9.17, 15) is 9.59 Å². The molecule has 0 atom stereocenters. The first-order chi connectivity index (χ1) is 14.0. The zero-order chi connectivity index (χ0) is 20.4. The Hall–Kier alpha value is -2.56. The number of nitrogens with zero attached hydrogens (tertiary/aromatic N) is 2. The predicted octanol–water partition coefficient (Wildman–Crippen LogP) is 4.67. The Morgan fingerprint density at radius 1 is 0.793 bits per heavy atom. The van der Waals surface area contributed by atoms with Gasteiger partial charge in [-0.2, -0.15) is 0 Å². The normalized spacial score (nSPS) is 14.3. The quantitative estimate of drug-likeness (QED) is 0.610. The smallest absolute Gasteiger partial charge is 0.255 e. The predicted molar refractivity (Wildman–Crippen MR) is 117 cm³/mol. The van der Waals surface area contributed by atoms with Crippen LogP contribution < -0.4 is 0 Å². The van der Waals surface area contributed by atoms with E-state index in [0.29, 0.717) is 43.2 Å². The summed E-state index contributed by atoms with van der Waals surface area (Å²) in [4.78, 5) is 29.0. The molecule has 0 aliphatic carbocycles. The van der Waals surface area contributed by atoms with Crippen LogP contribution in [-0.2, 0) is 11.2 Å². The van der Waals surface area contributed by atoms with Crippen LogP contribution in [0.15, 0.2) is 60.7 Å². The number of rotatable bonds is 3. The number of amides is 2. The summed E-state index contributed by atoms with van der Waals surface area (Å²) in [5.41, 5.74) is 1.40. The Kier molecular flexibility index (Phi) is 5.74. The topological polar surface area (TPSA) is 40.6 Å². The minimum absolute atomic E-state index is 0.0770. The van der Waals surface area contributed by atoms with E-state index in [1.165, 1.54) is 0 Å². The maximum Gasteiger partial charge on any atom is 0.255 e. The summed E-state index contributed by atoms with van der Waals surface area (Å²) in [5, 5.41) is 2.93. The highest BCUT2D eigenvalue weighted by Crippen LogP contribution is 2.27. The van der Waals surface area contributed by atoms with Gasteiger partial charge in [0.05, 0.1) is 22.0 Å². The molecule has 1 heterocycles. The van der Waals surface area contributed by atoms with Crippen molar-refractivity contribution >= 4 is 45.8 Å². The number of halogens is 2.